The van der Waals surface area contributed by atoms with Gasteiger partial charge in [-0.1, -0.05) is 0 Å². The van der Waals surface area contributed by atoms with E-state index in [1.165, 1.54) is 24.5 Å². The SMILES string of the molecule is Cc1nc(CCNS(=O)(=O)c2cccnc2)sc1C(=O)O. The average Bonchev–Trinajstić information content (AvgIpc) is 2.81. The number of carboxylic acids is 1. The van der Waals surface area contributed by atoms with Crippen LogP contribution in [0.2, 0.25) is 0 Å². The maximum absolute atomic E-state index is 11.9. The highest BCUT2D eigenvalue weighted by Gasteiger charge is 2.16. The molecular formula is C12H13N3O4S2. The lowest BCUT2D eigenvalue weighted by atomic mass is 10.4. The lowest BCUT2D eigenvalue weighted by molar-refractivity contribution is 0.0701. The summed E-state index contributed by atoms with van der Waals surface area (Å²) in [5, 5.41) is 9.52. The number of hydrogen-bond acceptors (Lipinski definition) is 6. The Balaban J connectivity index is 1.99. The third kappa shape index (κ3) is 3.84. The van der Waals surface area contributed by atoms with E-state index in [9.17, 15) is 13.2 Å². The topological polar surface area (TPSA) is 109 Å². The highest BCUT2D eigenvalue weighted by molar-refractivity contribution is 7.89. The molecule has 0 saturated heterocycles. The van der Waals surface area contributed by atoms with Gasteiger partial charge in [-0.25, -0.2) is 22.9 Å². The molecule has 2 aromatic heterocycles. The first-order chi connectivity index (χ1) is 9.90. The number of nitrogens with one attached hydrogen (secondary N) is 1. The molecule has 112 valence electrons. The second kappa shape index (κ2) is 6.29. The van der Waals surface area contributed by atoms with Gasteiger partial charge in [0.25, 0.3) is 0 Å². The molecule has 0 amide bonds. The van der Waals surface area contributed by atoms with Crippen molar-refractivity contribution in [2.24, 2.45) is 0 Å². The van der Waals surface area contributed by atoms with E-state index in [1.807, 2.05) is 0 Å². The Morgan fingerprint density at radius 2 is 2.24 bits per heavy atom. The van der Waals surface area contributed by atoms with Crippen LogP contribution in [0, 0.1) is 6.92 Å². The first-order valence-electron chi connectivity index (χ1n) is 5.99. The van der Waals surface area contributed by atoms with Crippen LogP contribution in [0.25, 0.3) is 0 Å². The Labute approximate surface area is 125 Å². The summed E-state index contributed by atoms with van der Waals surface area (Å²) in [5.41, 5.74) is 0.442. The summed E-state index contributed by atoms with van der Waals surface area (Å²) in [6.07, 6.45) is 3.08. The maximum Gasteiger partial charge on any atom is 0.347 e. The van der Waals surface area contributed by atoms with Crippen LogP contribution >= 0.6 is 11.3 Å². The summed E-state index contributed by atoms with van der Waals surface area (Å²) in [5.74, 6) is -1.02. The lowest BCUT2D eigenvalue weighted by Crippen LogP contribution is -2.26. The predicted molar refractivity (Wildman–Crippen MR) is 76.9 cm³/mol. The van der Waals surface area contributed by atoms with Crippen molar-refractivity contribution in [2.45, 2.75) is 18.2 Å². The summed E-state index contributed by atoms with van der Waals surface area (Å²) >= 11 is 1.06. The van der Waals surface area contributed by atoms with E-state index in [1.54, 1.807) is 6.92 Å². The number of aromatic carboxylic acids is 1. The van der Waals surface area contributed by atoms with Gasteiger partial charge in [-0.3, -0.25) is 4.98 Å². The van der Waals surface area contributed by atoms with Crippen molar-refractivity contribution in [1.82, 2.24) is 14.7 Å². The Hall–Kier alpha value is -1.84. The molecular weight excluding hydrogens is 314 g/mol. The molecule has 0 aliphatic heterocycles. The summed E-state index contributed by atoms with van der Waals surface area (Å²) in [4.78, 5) is 19.0. The molecule has 0 atom stereocenters. The van der Waals surface area contributed by atoms with Gasteiger partial charge >= 0.3 is 5.97 Å². The number of rotatable bonds is 6. The van der Waals surface area contributed by atoms with E-state index in [0.29, 0.717) is 17.1 Å². The molecule has 9 heteroatoms. The number of aromatic nitrogens is 2. The number of pyridine rings is 1. The van der Waals surface area contributed by atoms with Crippen molar-refractivity contribution < 1.29 is 18.3 Å². The summed E-state index contributed by atoms with van der Waals surface area (Å²) in [7, 11) is -3.60. The van der Waals surface area contributed by atoms with E-state index in [-0.39, 0.29) is 16.3 Å². The van der Waals surface area contributed by atoms with Gasteiger partial charge in [-0.15, -0.1) is 11.3 Å². The van der Waals surface area contributed by atoms with Crippen molar-refractivity contribution in [3.8, 4) is 0 Å². The second-order valence-electron chi connectivity index (χ2n) is 4.16. The quantitative estimate of drug-likeness (QED) is 0.821. The minimum Gasteiger partial charge on any atom is -0.477 e. The minimum absolute atomic E-state index is 0.0894. The Morgan fingerprint density at radius 3 is 2.81 bits per heavy atom. The average molecular weight is 327 g/mol. The number of sulfonamides is 1. The van der Waals surface area contributed by atoms with Gasteiger partial charge in [-0.05, 0) is 19.1 Å². The van der Waals surface area contributed by atoms with Gasteiger partial charge in [0.2, 0.25) is 10.0 Å². The largest absolute Gasteiger partial charge is 0.477 e. The fraction of sp³-hybridized carbons (Fsp3) is 0.250. The van der Waals surface area contributed by atoms with Crippen molar-refractivity contribution >= 4 is 27.3 Å². The highest BCUT2D eigenvalue weighted by Crippen LogP contribution is 2.18. The molecule has 0 bridgehead atoms. The second-order valence-corrected chi connectivity index (χ2v) is 7.01. The molecule has 0 aromatic carbocycles. The number of hydrogen-bond donors (Lipinski definition) is 2. The normalized spacial score (nSPS) is 11.5. The number of aryl methyl sites for hydroxylation is 1. The molecule has 0 fully saturated rings. The fourth-order valence-corrected chi connectivity index (χ4v) is 3.54. The molecule has 2 rings (SSSR count). The Bertz CT molecular complexity index is 741. The smallest absolute Gasteiger partial charge is 0.347 e. The molecule has 2 aromatic rings. The first-order valence-corrected chi connectivity index (χ1v) is 8.29. The van der Waals surface area contributed by atoms with Crippen LogP contribution in [-0.4, -0.2) is 36.0 Å². The zero-order valence-electron chi connectivity index (χ0n) is 11.1. The third-order valence-corrected chi connectivity index (χ3v) is 5.26. The van der Waals surface area contributed by atoms with Crippen LogP contribution in [0.1, 0.15) is 20.4 Å². The lowest BCUT2D eigenvalue weighted by Gasteiger charge is -2.04. The number of carbonyl (C=O) groups is 1. The van der Waals surface area contributed by atoms with E-state index in [2.05, 4.69) is 14.7 Å². The zero-order valence-corrected chi connectivity index (χ0v) is 12.7. The molecule has 0 aliphatic rings. The summed E-state index contributed by atoms with van der Waals surface area (Å²) < 4.78 is 26.3. The predicted octanol–water partition coefficient (Wildman–Crippen LogP) is 1.07. The van der Waals surface area contributed by atoms with Crippen LogP contribution in [0.4, 0.5) is 0 Å². The summed E-state index contributed by atoms with van der Waals surface area (Å²) in [6, 6.07) is 2.99. The van der Waals surface area contributed by atoms with Gasteiger partial charge in [0, 0.05) is 25.4 Å². The van der Waals surface area contributed by atoms with Crippen LogP contribution < -0.4 is 4.72 Å². The monoisotopic (exact) mass is 327 g/mol. The van der Waals surface area contributed by atoms with Crippen LogP contribution in [0.5, 0.6) is 0 Å². The van der Waals surface area contributed by atoms with Gasteiger partial charge in [0.1, 0.15) is 9.77 Å². The van der Waals surface area contributed by atoms with Gasteiger partial charge in [-0.2, -0.15) is 0 Å². The molecule has 0 saturated carbocycles. The molecule has 2 heterocycles. The first kappa shape index (κ1) is 15.5. The van der Waals surface area contributed by atoms with Crippen LogP contribution in [0.3, 0.4) is 0 Å². The zero-order chi connectivity index (χ0) is 15.5. The van der Waals surface area contributed by atoms with Crippen molar-refractivity contribution in [3.05, 3.63) is 40.1 Å². The summed E-state index contributed by atoms with van der Waals surface area (Å²) in [6.45, 7) is 1.76. The van der Waals surface area contributed by atoms with Crippen LogP contribution in [0.15, 0.2) is 29.4 Å². The maximum atomic E-state index is 11.9. The number of nitrogens with zero attached hydrogens (tertiary/aromatic N) is 2. The molecule has 2 N–H and O–H groups in total. The van der Waals surface area contributed by atoms with Crippen LogP contribution in [-0.2, 0) is 16.4 Å². The highest BCUT2D eigenvalue weighted by atomic mass is 32.2. The molecule has 21 heavy (non-hydrogen) atoms. The molecule has 0 spiro atoms. The van der Waals surface area contributed by atoms with Gasteiger partial charge < -0.3 is 5.11 Å². The molecule has 0 aliphatic carbocycles. The van der Waals surface area contributed by atoms with E-state index in [4.69, 9.17) is 5.11 Å². The number of thiazole rings is 1. The van der Waals surface area contributed by atoms with Crippen molar-refractivity contribution in [2.75, 3.05) is 6.54 Å². The van der Waals surface area contributed by atoms with E-state index < -0.39 is 16.0 Å². The molecule has 7 nitrogen and oxygen atoms in total. The van der Waals surface area contributed by atoms with Gasteiger partial charge in [0.05, 0.1) is 10.7 Å². The Morgan fingerprint density at radius 1 is 1.48 bits per heavy atom. The molecule has 0 radical (unpaired) electrons. The number of carboxylic acid groups (broad SMARTS) is 1. The van der Waals surface area contributed by atoms with Crippen molar-refractivity contribution in [3.63, 3.8) is 0 Å². The fourth-order valence-electron chi connectivity index (χ4n) is 1.64. The Kier molecular flexibility index (Phi) is 4.66. The van der Waals surface area contributed by atoms with E-state index in [0.717, 1.165) is 11.3 Å². The molecule has 0 unspecified atom stereocenters. The minimum atomic E-state index is -3.60. The third-order valence-electron chi connectivity index (χ3n) is 2.61. The van der Waals surface area contributed by atoms with Gasteiger partial charge in [0.15, 0.2) is 0 Å². The standard InChI is InChI=1S/C12H13N3O4S2/c1-8-11(12(16)17)20-10(15-8)4-6-14-21(18,19)9-3-2-5-13-7-9/h2-3,5,7,14H,4,6H2,1H3,(H,16,17). The van der Waals surface area contributed by atoms with E-state index >= 15 is 0 Å². The van der Waals surface area contributed by atoms with Crippen molar-refractivity contribution in [1.29, 1.82) is 0 Å².